The minimum atomic E-state index is -0.688. The first kappa shape index (κ1) is 15.1. The van der Waals surface area contributed by atoms with Crippen LogP contribution in [-0.4, -0.2) is 16.9 Å². The molecule has 2 aromatic rings. The number of nitro groups is 1. The van der Waals surface area contributed by atoms with Crippen molar-refractivity contribution in [2.45, 2.75) is 31.8 Å². The van der Waals surface area contributed by atoms with Crippen molar-refractivity contribution in [2.75, 3.05) is 5.32 Å². The Morgan fingerprint density at radius 1 is 1.26 bits per heavy atom. The lowest BCUT2D eigenvalue weighted by atomic mass is 10.2. The van der Waals surface area contributed by atoms with Gasteiger partial charge in [0.05, 0.1) is 12.2 Å². The zero-order valence-corrected chi connectivity index (χ0v) is 12.4. The van der Waals surface area contributed by atoms with Crippen LogP contribution in [0.2, 0.25) is 0 Å². The first-order valence-electron chi connectivity index (χ1n) is 7.44. The Bertz CT molecular complexity index is 719. The highest BCUT2D eigenvalue weighted by molar-refractivity contribution is 6.02. The highest BCUT2D eigenvalue weighted by Crippen LogP contribution is 2.26. The molecule has 1 amide bonds. The van der Waals surface area contributed by atoms with Gasteiger partial charge in [0.15, 0.2) is 5.76 Å². The summed E-state index contributed by atoms with van der Waals surface area (Å²) < 4.78 is 10.7. The maximum Gasteiger partial charge on any atom is 0.433 e. The molecule has 0 radical (unpaired) electrons. The second-order valence-corrected chi connectivity index (χ2v) is 5.40. The van der Waals surface area contributed by atoms with Crippen molar-refractivity contribution in [2.24, 2.45) is 0 Å². The Morgan fingerprint density at radius 3 is 2.74 bits per heavy atom. The van der Waals surface area contributed by atoms with Gasteiger partial charge in [0.1, 0.15) is 10.7 Å². The summed E-state index contributed by atoms with van der Waals surface area (Å²) in [6, 6.07) is 9.49. The SMILES string of the molecule is O=C(Nc1cccc(OC2CCCC2)c1)c1ccc([N+](=O)[O-])o1. The molecule has 3 rings (SSSR count). The Labute approximate surface area is 132 Å². The highest BCUT2D eigenvalue weighted by atomic mass is 16.6. The van der Waals surface area contributed by atoms with Crippen molar-refractivity contribution in [3.8, 4) is 5.75 Å². The zero-order valence-electron chi connectivity index (χ0n) is 12.4. The van der Waals surface area contributed by atoms with E-state index in [0.29, 0.717) is 11.4 Å². The molecule has 0 bridgehead atoms. The fourth-order valence-corrected chi connectivity index (χ4v) is 2.59. The van der Waals surface area contributed by atoms with Gasteiger partial charge in [-0.15, -0.1) is 0 Å². The molecule has 1 aromatic carbocycles. The molecule has 0 spiro atoms. The van der Waals surface area contributed by atoms with Crippen molar-refractivity contribution in [3.63, 3.8) is 0 Å². The first-order chi connectivity index (χ1) is 11.1. The minimum Gasteiger partial charge on any atom is -0.490 e. The lowest BCUT2D eigenvalue weighted by Gasteiger charge is -2.13. The van der Waals surface area contributed by atoms with E-state index in [0.717, 1.165) is 18.9 Å². The van der Waals surface area contributed by atoms with Crippen molar-refractivity contribution in [1.82, 2.24) is 0 Å². The average molecular weight is 316 g/mol. The summed E-state index contributed by atoms with van der Waals surface area (Å²) in [5.74, 6) is -0.427. The maximum atomic E-state index is 12.0. The lowest BCUT2D eigenvalue weighted by Crippen LogP contribution is -2.13. The first-order valence-corrected chi connectivity index (χ1v) is 7.44. The molecule has 7 nitrogen and oxygen atoms in total. The summed E-state index contributed by atoms with van der Waals surface area (Å²) in [5.41, 5.74) is 0.546. The molecule has 0 atom stereocenters. The number of benzene rings is 1. The monoisotopic (exact) mass is 316 g/mol. The summed E-state index contributed by atoms with van der Waals surface area (Å²) in [7, 11) is 0. The van der Waals surface area contributed by atoms with Gasteiger partial charge < -0.3 is 14.5 Å². The van der Waals surface area contributed by atoms with E-state index in [9.17, 15) is 14.9 Å². The van der Waals surface area contributed by atoms with E-state index in [-0.39, 0.29) is 11.9 Å². The summed E-state index contributed by atoms with van der Waals surface area (Å²) >= 11 is 0. The van der Waals surface area contributed by atoms with Crippen LogP contribution in [0.5, 0.6) is 5.75 Å². The van der Waals surface area contributed by atoms with E-state index < -0.39 is 16.7 Å². The molecular weight excluding hydrogens is 300 g/mol. The van der Waals surface area contributed by atoms with E-state index >= 15 is 0 Å². The Balaban J connectivity index is 1.66. The third-order valence-electron chi connectivity index (χ3n) is 3.69. The molecule has 7 heteroatoms. The molecule has 1 heterocycles. The maximum absolute atomic E-state index is 12.0. The van der Waals surface area contributed by atoms with Crippen LogP contribution in [0.25, 0.3) is 0 Å². The summed E-state index contributed by atoms with van der Waals surface area (Å²) in [6.45, 7) is 0. The molecule has 120 valence electrons. The number of rotatable bonds is 5. The predicted octanol–water partition coefficient (Wildman–Crippen LogP) is 3.76. The van der Waals surface area contributed by atoms with Crippen molar-refractivity contribution >= 4 is 17.5 Å². The molecule has 1 aliphatic carbocycles. The molecule has 0 aliphatic heterocycles. The molecule has 23 heavy (non-hydrogen) atoms. The average Bonchev–Trinajstić information content (AvgIpc) is 3.18. The normalized spacial score (nSPS) is 14.6. The molecule has 1 fully saturated rings. The van der Waals surface area contributed by atoms with E-state index in [4.69, 9.17) is 9.15 Å². The fourth-order valence-electron chi connectivity index (χ4n) is 2.59. The highest BCUT2D eigenvalue weighted by Gasteiger charge is 2.18. The van der Waals surface area contributed by atoms with Crippen LogP contribution in [-0.2, 0) is 0 Å². The number of carbonyl (C=O) groups excluding carboxylic acids is 1. The van der Waals surface area contributed by atoms with Crippen LogP contribution in [0, 0.1) is 10.1 Å². The van der Waals surface area contributed by atoms with Crippen molar-refractivity contribution in [3.05, 3.63) is 52.3 Å². The van der Waals surface area contributed by atoms with Gasteiger partial charge in [-0.05, 0) is 43.9 Å². The van der Waals surface area contributed by atoms with E-state index in [2.05, 4.69) is 5.32 Å². The zero-order chi connectivity index (χ0) is 16.2. The number of hydrogen-bond acceptors (Lipinski definition) is 5. The third kappa shape index (κ3) is 3.68. The quantitative estimate of drug-likeness (QED) is 0.669. The Hall–Kier alpha value is -2.83. The van der Waals surface area contributed by atoms with Crippen LogP contribution in [0.15, 0.2) is 40.8 Å². The number of furan rings is 1. The summed E-state index contributed by atoms with van der Waals surface area (Å²) in [6.07, 6.45) is 4.68. The largest absolute Gasteiger partial charge is 0.490 e. The van der Waals surface area contributed by atoms with Crippen LogP contribution in [0.1, 0.15) is 36.2 Å². The number of nitrogens with one attached hydrogen (secondary N) is 1. The molecular formula is C16H16N2O5. The van der Waals surface area contributed by atoms with E-state index in [1.165, 1.54) is 18.9 Å². The number of amides is 1. The third-order valence-corrected chi connectivity index (χ3v) is 3.69. The minimum absolute atomic E-state index is 0.112. The van der Waals surface area contributed by atoms with Gasteiger partial charge in [0.2, 0.25) is 0 Å². The van der Waals surface area contributed by atoms with E-state index in [1.54, 1.807) is 18.2 Å². The topological polar surface area (TPSA) is 94.6 Å². The van der Waals surface area contributed by atoms with Gasteiger partial charge in [-0.1, -0.05) is 6.07 Å². The standard InChI is InChI=1S/C16H16N2O5/c19-16(14-8-9-15(23-14)18(20)21)17-11-4-3-7-13(10-11)22-12-5-1-2-6-12/h3-4,7-10,12H,1-2,5-6H2,(H,17,19). The number of nitrogens with zero attached hydrogens (tertiary/aromatic N) is 1. The predicted molar refractivity (Wildman–Crippen MR) is 82.6 cm³/mol. The lowest BCUT2D eigenvalue weighted by molar-refractivity contribution is -0.402. The second-order valence-electron chi connectivity index (χ2n) is 5.40. The van der Waals surface area contributed by atoms with Crippen molar-refractivity contribution < 1.29 is 18.9 Å². The van der Waals surface area contributed by atoms with Gasteiger partial charge in [-0.2, -0.15) is 0 Å². The van der Waals surface area contributed by atoms with Gasteiger partial charge >= 0.3 is 5.88 Å². The smallest absolute Gasteiger partial charge is 0.433 e. The van der Waals surface area contributed by atoms with Gasteiger partial charge in [-0.25, -0.2) is 0 Å². The summed E-state index contributed by atoms with van der Waals surface area (Å²) in [4.78, 5) is 21.9. The molecule has 1 N–H and O–H groups in total. The molecule has 0 unspecified atom stereocenters. The second kappa shape index (κ2) is 6.51. The summed E-state index contributed by atoms with van der Waals surface area (Å²) in [5, 5.41) is 13.2. The number of carbonyl (C=O) groups is 1. The van der Waals surface area contributed by atoms with Crippen LogP contribution in [0.4, 0.5) is 11.6 Å². The van der Waals surface area contributed by atoms with Gasteiger partial charge in [0.25, 0.3) is 5.91 Å². The van der Waals surface area contributed by atoms with Gasteiger partial charge in [-0.3, -0.25) is 14.9 Å². The number of ether oxygens (including phenoxy) is 1. The van der Waals surface area contributed by atoms with E-state index in [1.807, 2.05) is 6.07 Å². The van der Waals surface area contributed by atoms with Crippen LogP contribution >= 0.6 is 0 Å². The van der Waals surface area contributed by atoms with Crippen LogP contribution in [0.3, 0.4) is 0 Å². The van der Waals surface area contributed by atoms with Crippen LogP contribution < -0.4 is 10.1 Å². The molecule has 1 saturated carbocycles. The fraction of sp³-hybridized carbons (Fsp3) is 0.312. The Morgan fingerprint density at radius 2 is 2.04 bits per heavy atom. The number of anilines is 1. The Kier molecular flexibility index (Phi) is 4.27. The molecule has 1 aliphatic rings. The van der Waals surface area contributed by atoms with Gasteiger partial charge in [0, 0.05) is 11.8 Å². The number of hydrogen-bond donors (Lipinski definition) is 1. The molecule has 1 aromatic heterocycles. The molecule has 0 saturated heterocycles. The van der Waals surface area contributed by atoms with Crippen molar-refractivity contribution in [1.29, 1.82) is 0 Å².